The number of aliphatic hydroxyl groups excluding tert-OH is 1. The van der Waals surface area contributed by atoms with Gasteiger partial charge >= 0.3 is 6.43 Å². The van der Waals surface area contributed by atoms with Crippen molar-refractivity contribution in [3.05, 3.63) is 53.9 Å². The predicted molar refractivity (Wildman–Crippen MR) is 104 cm³/mol. The number of carbonyl (C=O) groups is 2. The summed E-state index contributed by atoms with van der Waals surface area (Å²) in [5, 5.41) is 12.0. The number of hydrogen-bond donors (Lipinski definition) is 2. The molecule has 2 N–H and O–H groups in total. The first-order valence-corrected chi connectivity index (χ1v) is 9.53. The van der Waals surface area contributed by atoms with Crippen LogP contribution in [0.25, 0.3) is 11.1 Å². The van der Waals surface area contributed by atoms with E-state index in [1.165, 1.54) is 12.1 Å². The first kappa shape index (κ1) is 21.9. The number of aromatic nitrogens is 1. The van der Waals surface area contributed by atoms with Crippen LogP contribution in [0.1, 0.15) is 28.6 Å². The lowest BCUT2D eigenvalue weighted by Crippen LogP contribution is -2.43. The van der Waals surface area contributed by atoms with Gasteiger partial charge in [-0.1, -0.05) is 30.3 Å². The van der Waals surface area contributed by atoms with Gasteiger partial charge in [0.15, 0.2) is 5.78 Å². The molecular formula is C21H22F3N3O3. The molecule has 0 radical (unpaired) electrons. The minimum Gasteiger partial charge on any atom is -0.386 e. The van der Waals surface area contributed by atoms with E-state index in [-0.39, 0.29) is 11.3 Å². The smallest absolute Gasteiger partial charge is 0.315 e. The minimum absolute atomic E-state index is 0.0390. The van der Waals surface area contributed by atoms with E-state index in [1.807, 2.05) is 0 Å². The fourth-order valence-corrected chi connectivity index (χ4v) is 3.11. The molecule has 0 bridgehead atoms. The average Bonchev–Trinajstić information content (AvgIpc) is 2.74. The van der Waals surface area contributed by atoms with Crippen LogP contribution in [0.5, 0.6) is 0 Å². The number of likely N-dealkylation sites (tertiary alicyclic amines) is 1. The summed E-state index contributed by atoms with van der Waals surface area (Å²) in [6.45, 7) is 1.02. The molecule has 0 saturated carbocycles. The normalized spacial score (nSPS) is 16.0. The van der Waals surface area contributed by atoms with Gasteiger partial charge < -0.3 is 10.4 Å². The van der Waals surface area contributed by atoms with Crippen molar-refractivity contribution in [1.29, 1.82) is 0 Å². The van der Waals surface area contributed by atoms with Crippen molar-refractivity contribution in [2.24, 2.45) is 0 Å². The van der Waals surface area contributed by atoms with E-state index in [1.54, 1.807) is 35.8 Å². The van der Waals surface area contributed by atoms with Gasteiger partial charge in [-0.3, -0.25) is 19.5 Å². The number of aliphatic hydroxyl groups is 1. The Morgan fingerprint density at radius 2 is 1.77 bits per heavy atom. The number of Topliss-reactive ketones (excluding diaryl/α,β-unsaturated/α-hetero) is 1. The van der Waals surface area contributed by atoms with Crippen LogP contribution in [0.2, 0.25) is 0 Å². The SMILES string of the molecule is O=C(CN1CCC1)c1ccc(-c2ccc([C@@H](O)[C@@H](CF)NC(=O)C(F)F)cc2)cn1. The summed E-state index contributed by atoms with van der Waals surface area (Å²) in [6, 6.07) is 8.27. The van der Waals surface area contributed by atoms with Gasteiger partial charge in [0.05, 0.1) is 12.6 Å². The topological polar surface area (TPSA) is 82.5 Å². The Labute approximate surface area is 171 Å². The largest absolute Gasteiger partial charge is 0.386 e. The molecule has 160 valence electrons. The van der Waals surface area contributed by atoms with Crippen LogP contribution in [-0.4, -0.2) is 65.5 Å². The van der Waals surface area contributed by atoms with Gasteiger partial charge in [0.2, 0.25) is 0 Å². The summed E-state index contributed by atoms with van der Waals surface area (Å²) in [5.41, 5.74) is 2.14. The zero-order chi connectivity index (χ0) is 21.7. The van der Waals surface area contributed by atoms with E-state index < -0.39 is 31.2 Å². The maximum Gasteiger partial charge on any atom is 0.315 e. The van der Waals surface area contributed by atoms with Crippen LogP contribution >= 0.6 is 0 Å². The van der Waals surface area contributed by atoms with Crippen molar-refractivity contribution in [1.82, 2.24) is 15.2 Å². The van der Waals surface area contributed by atoms with Crippen LogP contribution in [0, 0.1) is 0 Å². The molecule has 1 aliphatic heterocycles. The highest BCUT2D eigenvalue weighted by atomic mass is 19.3. The fourth-order valence-electron chi connectivity index (χ4n) is 3.11. The van der Waals surface area contributed by atoms with Crippen LogP contribution in [-0.2, 0) is 4.79 Å². The minimum atomic E-state index is -3.29. The molecule has 0 spiro atoms. The Hall–Kier alpha value is -2.78. The Kier molecular flexibility index (Phi) is 7.17. The molecule has 1 saturated heterocycles. The Morgan fingerprint density at radius 3 is 2.27 bits per heavy atom. The second-order valence-electron chi connectivity index (χ2n) is 7.12. The van der Waals surface area contributed by atoms with Gasteiger partial charge in [0, 0.05) is 11.8 Å². The zero-order valence-corrected chi connectivity index (χ0v) is 16.1. The van der Waals surface area contributed by atoms with Crippen LogP contribution in [0.3, 0.4) is 0 Å². The fraction of sp³-hybridized carbons (Fsp3) is 0.381. The van der Waals surface area contributed by atoms with E-state index >= 15 is 0 Å². The molecule has 3 rings (SSSR count). The van der Waals surface area contributed by atoms with Gasteiger partial charge in [0.1, 0.15) is 18.5 Å². The number of amides is 1. The molecule has 6 nitrogen and oxygen atoms in total. The number of rotatable bonds is 9. The lowest BCUT2D eigenvalue weighted by molar-refractivity contribution is -0.133. The third-order valence-corrected chi connectivity index (χ3v) is 5.02. The molecule has 30 heavy (non-hydrogen) atoms. The summed E-state index contributed by atoms with van der Waals surface area (Å²) >= 11 is 0. The second kappa shape index (κ2) is 9.82. The second-order valence-corrected chi connectivity index (χ2v) is 7.12. The quantitative estimate of drug-likeness (QED) is 0.608. The van der Waals surface area contributed by atoms with Gasteiger partial charge in [0.25, 0.3) is 5.91 Å². The first-order valence-electron chi connectivity index (χ1n) is 9.53. The van der Waals surface area contributed by atoms with Crippen molar-refractivity contribution in [2.75, 3.05) is 26.3 Å². The highest BCUT2D eigenvalue weighted by Gasteiger charge is 2.26. The number of pyridine rings is 1. The molecule has 2 heterocycles. The van der Waals surface area contributed by atoms with Gasteiger partial charge in [-0.15, -0.1) is 0 Å². The molecular weight excluding hydrogens is 399 g/mol. The first-order chi connectivity index (χ1) is 14.4. The van der Waals surface area contributed by atoms with E-state index in [4.69, 9.17) is 0 Å². The van der Waals surface area contributed by atoms with Gasteiger partial charge in [-0.25, -0.2) is 4.39 Å². The van der Waals surface area contributed by atoms with Crippen molar-refractivity contribution in [3.63, 3.8) is 0 Å². The highest BCUT2D eigenvalue weighted by Crippen LogP contribution is 2.24. The molecule has 0 unspecified atom stereocenters. The maximum absolute atomic E-state index is 13.1. The van der Waals surface area contributed by atoms with Gasteiger partial charge in [-0.05, 0) is 36.7 Å². The molecule has 2 atom stereocenters. The molecule has 1 aromatic heterocycles. The summed E-state index contributed by atoms with van der Waals surface area (Å²) in [4.78, 5) is 29.5. The van der Waals surface area contributed by atoms with Crippen molar-refractivity contribution in [3.8, 4) is 11.1 Å². The summed E-state index contributed by atoms with van der Waals surface area (Å²) in [5.74, 6) is -1.68. The number of alkyl halides is 3. The van der Waals surface area contributed by atoms with Crippen LogP contribution in [0.4, 0.5) is 13.2 Å². The number of carbonyl (C=O) groups excluding carboxylic acids is 2. The number of benzene rings is 1. The standard InChI is InChI=1S/C21H22F3N3O3/c22-10-17(26-21(30)20(23)24)19(29)14-4-2-13(3-5-14)15-6-7-16(25-11-15)18(28)12-27-8-1-9-27/h2-7,11,17,19-20,29H,1,8-10,12H2,(H,26,30)/t17-,19-/m1/s1. The molecule has 9 heteroatoms. The third-order valence-electron chi connectivity index (χ3n) is 5.02. The number of nitrogens with zero attached hydrogens (tertiary/aromatic N) is 2. The monoisotopic (exact) mass is 421 g/mol. The Bertz CT molecular complexity index is 871. The molecule has 1 fully saturated rings. The average molecular weight is 421 g/mol. The van der Waals surface area contributed by atoms with Crippen LogP contribution < -0.4 is 5.32 Å². The number of nitrogens with one attached hydrogen (secondary N) is 1. The Morgan fingerprint density at radius 1 is 1.10 bits per heavy atom. The number of hydrogen-bond acceptors (Lipinski definition) is 5. The zero-order valence-electron chi connectivity index (χ0n) is 16.1. The molecule has 0 aliphatic carbocycles. The lowest BCUT2D eigenvalue weighted by Gasteiger charge is -2.29. The summed E-state index contributed by atoms with van der Waals surface area (Å²) in [7, 11) is 0. The number of ketones is 1. The number of halogens is 3. The van der Waals surface area contributed by atoms with E-state index in [0.717, 1.165) is 30.6 Å². The molecule has 2 aromatic rings. The predicted octanol–water partition coefficient (Wildman–Crippen LogP) is 2.39. The van der Waals surface area contributed by atoms with E-state index in [0.29, 0.717) is 12.2 Å². The lowest BCUT2D eigenvalue weighted by atomic mass is 9.99. The molecule has 1 aromatic carbocycles. The third kappa shape index (κ3) is 5.22. The van der Waals surface area contributed by atoms with Gasteiger partial charge in [-0.2, -0.15) is 8.78 Å². The molecule has 1 aliphatic rings. The summed E-state index contributed by atoms with van der Waals surface area (Å²) in [6.07, 6.45) is -2.09. The Balaban J connectivity index is 1.65. The summed E-state index contributed by atoms with van der Waals surface area (Å²) < 4.78 is 37.8. The van der Waals surface area contributed by atoms with E-state index in [2.05, 4.69) is 9.88 Å². The molecule has 1 amide bonds. The van der Waals surface area contributed by atoms with Crippen molar-refractivity contribution in [2.45, 2.75) is 25.0 Å². The maximum atomic E-state index is 13.1. The van der Waals surface area contributed by atoms with Crippen LogP contribution in [0.15, 0.2) is 42.6 Å². The van der Waals surface area contributed by atoms with E-state index in [9.17, 15) is 27.9 Å². The highest BCUT2D eigenvalue weighted by molar-refractivity contribution is 5.96. The van der Waals surface area contributed by atoms with Crippen molar-refractivity contribution >= 4 is 11.7 Å². The van der Waals surface area contributed by atoms with Crippen molar-refractivity contribution < 1.29 is 27.9 Å².